The van der Waals surface area contributed by atoms with Crippen molar-refractivity contribution in [2.24, 2.45) is 0 Å². The Labute approximate surface area is 125 Å². The standard InChI is InChI=1S/C14H22N2O4S/c1-5-6-16(9-14(17)20-4)21(18,19)13-8-11(3)10(2)7-12(13)15/h7-8H,5-6,9,15H2,1-4H3. The van der Waals surface area contributed by atoms with Crippen LogP contribution in [-0.2, 0) is 19.6 Å². The van der Waals surface area contributed by atoms with Gasteiger partial charge in [0.25, 0.3) is 0 Å². The van der Waals surface area contributed by atoms with E-state index >= 15 is 0 Å². The second kappa shape index (κ2) is 6.91. The molecule has 2 N–H and O–H groups in total. The van der Waals surface area contributed by atoms with Gasteiger partial charge < -0.3 is 10.5 Å². The van der Waals surface area contributed by atoms with E-state index in [1.807, 2.05) is 20.8 Å². The maximum Gasteiger partial charge on any atom is 0.321 e. The van der Waals surface area contributed by atoms with Crippen molar-refractivity contribution in [3.63, 3.8) is 0 Å². The van der Waals surface area contributed by atoms with Crippen molar-refractivity contribution in [3.8, 4) is 0 Å². The van der Waals surface area contributed by atoms with Gasteiger partial charge in [0.1, 0.15) is 11.4 Å². The summed E-state index contributed by atoms with van der Waals surface area (Å²) in [5.74, 6) is -0.602. The number of rotatable bonds is 6. The SMILES string of the molecule is CCCN(CC(=O)OC)S(=O)(=O)c1cc(C)c(C)cc1N. The molecule has 0 amide bonds. The fraction of sp³-hybridized carbons (Fsp3) is 0.500. The van der Waals surface area contributed by atoms with Gasteiger partial charge in [-0.1, -0.05) is 6.92 Å². The summed E-state index contributed by atoms with van der Waals surface area (Å²) in [5, 5.41) is 0. The number of sulfonamides is 1. The van der Waals surface area contributed by atoms with E-state index in [4.69, 9.17) is 5.73 Å². The Morgan fingerprint density at radius 2 is 1.86 bits per heavy atom. The summed E-state index contributed by atoms with van der Waals surface area (Å²) in [4.78, 5) is 11.5. The number of aryl methyl sites for hydroxylation is 2. The number of hydrogen-bond donors (Lipinski definition) is 1. The van der Waals surface area contributed by atoms with E-state index in [1.165, 1.54) is 7.11 Å². The first-order valence-electron chi connectivity index (χ1n) is 6.67. The molecule has 0 atom stereocenters. The summed E-state index contributed by atoms with van der Waals surface area (Å²) in [5.41, 5.74) is 7.78. The summed E-state index contributed by atoms with van der Waals surface area (Å²) in [6, 6.07) is 3.17. The third-order valence-electron chi connectivity index (χ3n) is 3.25. The van der Waals surface area contributed by atoms with Crippen LogP contribution in [0.5, 0.6) is 0 Å². The lowest BCUT2D eigenvalue weighted by molar-refractivity contribution is -0.140. The summed E-state index contributed by atoms with van der Waals surface area (Å²) in [6.45, 7) is 5.42. The zero-order valence-electron chi connectivity index (χ0n) is 12.8. The topological polar surface area (TPSA) is 89.7 Å². The Hall–Kier alpha value is -1.60. The van der Waals surface area contributed by atoms with Crippen molar-refractivity contribution in [2.45, 2.75) is 32.1 Å². The number of methoxy groups -OCH3 is 1. The third kappa shape index (κ3) is 3.95. The highest BCUT2D eigenvalue weighted by atomic mass is 32.2. The van der Waals surface area contributed by atoms with Crippen molar-refractivity contribution in [3.05, 3.63) is 23.3 Å². The molecule has 118 valence electrons. The minimum atomic E-state index is -3.83. The van der Waals surface area contributed by atoms with Crippen LogP contribution in [0, 0.1) is 13.8 Å². The lowest BCUT2D eigenvalue weighted by Crippen LogP contribution is -2.37. The maximum atomic E-state index is 12.7. The normalized spacial score (nSPS) is 11.7. The number of nitrogen functional groups attached to an aromatic ring is 1. The molecule has 1 aromatic carbocycles. The van der Waals surface area contributed by atoms with Gasteiger partial charge in [-0.2, -0.15) is 4.31 Å². The highest BCUT2D eigenvalue weighted by Gasteiger charge is 2.28. The summed E-state index contributed by atoms with van der Waals surface area (Å²) < 4.78 is 31.0. The second-order valence-electron chi connectivity index (χ2n) is 4.89. The quantitative estimate of drug-likeness (QED) is 0.634. The minimum absolute atomic E-state index is 0.0305. The van der Waals surface area contributed by atoms with E-state index < -0.39 is 16.0 Å². The predicted octanol–water partition coefficient (Wildman–Crippen LogP) is 1.46. The number of carbonyl (C=O) groups excluding carboxylic acids is 1. The molecule has 0 saturated heterocycles. The molecule has 6 nitrogen and oxygen atoms in total. The zero-order chi connectivity index (χ0) is 16.2. The summed E-state index contributed by atoms with van der Waals surface area (Å²) in [6.07, 6.45) is 0.584. The fourth-order valence-corrected chi connectivity index (χ4v) is 3.58. The largest absolute Gasteiger partial charge is 0.468 e. The molecule has 0 aromatic heterocycles. The monoisotopic (exact) mass is 314 g/mol. The number of nitrogens with zero attached hydrogens (tertiary/aromatic N) is 1. The zero-order valence-corrected chi connectivity index (χ0v) is 13.7. The van der Waals surface area contributed by atoms with Crippen LogP contribution < -0.4 is 5.73 Å². The highest BCUT2D eigenvalue weighted by Crippen LogP contribution is 2.26. The predicted molar refractivity (Wildman–Crippen MR) is 81.4 cm³/mol. The van der Waals surface area contributed by atoms with E-state index in [0.29, 0.717) is 6.42 Å². The highest BCUT2D eigenvalue weighted by molar-refractivity contribution is 7.89. The van der Waals surface area contributed by atoms with Gasteiger partial charge in [-0.3, -0.25) is 4.79 Å². The van der Waals surface area contributed by atoms with Crippen molar-refractivity contribution in [1.29, 1.82) is 0 Å². The Morgan fingerprint density at radius 3 is 2.38 bits per heavy atom. The molecule has 0 radical (unpaired) electrons. The van der Waals surface area contributed by atoms with E-state index in [1.54, 1.807) is 12.1 Å². The molecule has 0 saturated carbocycles. The first kappa shape index (κ1) is 17.5. The molecule has 1 rings (SSSR count). The first-order chi connectivity index (χ1) is 9.73. The van der Waals surface area contributed by atoms with Crippen molar-refractivity contribution >= 4 is 21.7 Å². The van der Waals surface area contributed by atoms with Gasteiger partial charge in [-0.25, -0.2) is 8.42 Å². The van der Waals surface area contributed by atoms with Gasteiger partial charge in [-0.05, 0) is 43.5 Å². The Morgan fingerprint density at radius 1 is 1.29 bits per heavy atom. The molecule has 0 aliphatic carbocycles. The maximum absolute atomic E-state index is 12.7. The minimum Gasteiger partial charge on any atom is -0.468 e. The molecule has 0 aliphatic heterocycles. The van der Waals surface area contributed by atoms with E-state index in [2.05, 4.69) is 4.74 Å². The first-order valence-corrected chi connectivity index (χ1v) is 8.11. The Kier molecular flexibility index (Phi) is 5.74. The van der Waals surface area contributed by atoms with Crippen LogP contribution >= 0.6 is 0 Å². The average molecular weight is 314 g/mol. The fourth-order valence-electron chi connectivity index (χ4n) is 1.92. The summed E-state index contributed by atoms with van der Waals surface area (Å²) in [7, 11) is -2.61. The second-order valence-corrected chi connectivity index (χ2v) is 6.80. The van der Waals surface area contributed by atoms with Gasteiger partial charge in [-0.15, -0.1) is 0 Å². The number of anilines is 1. The van der Waals surface area contributed by atoms with Crippen LogP contribution in [0.3, 0.4) is 0 Å². The molecule has 0 bridgehead atoms. The number of esters is 1. The summed E-state index contributed by atoms with van der Waals surface area (Å²) >= 11 is 0. The molecule has 0 aliphatic rings. The number of benzene rings is 1. The van der Waals surface area contributed by atoms with Crippen LogP contribution in [0.2, 0.25) is 0 Å². The molecule has 21 heavy (non-hydrogen) atoms. The average Bonchev–Trinajstić information content (AvgIpc) is 2.41. The lowest BCUT2D eigenvalue weighted by Gasteiger charge is -2.22. The molecule has 1 aromatic rings. The van der Waals surface area contributed by atoms with Crippen LogP contribution in [0.15, 0.2) is 17.0 Å². The molecule has 0 unspecified atom stereocenters. The van der Waals surface area contributed by atoms with E-state index in [9.17, 15) is 13.2 Å². The molecule has 0 fully saturated rings. The third-order valence-corrected chi connectivity index (χ3v) is 5.15. The van der Waals surface area contributed by atoms with Gasteiger partial charge in [0, 0.05) is 6.54 Å². The van der Waals surface area contributed by atoms with Crippen molar-refractivity contribution < 1.29 is 17.9 Å². The van der Waals surface area contributed by atoms with Crippen LogP contribution in [0.1, 0.15) is 24.5 Å². The van der Waals surface area contributed by atoms with E-state index in [0.717, 1.165) is 15.4 Å². The molecule has 7 heteroatoms. The molecular weight excluding hydrogens is 292 g/mol. The van der Waals surface area contributed by atoms with E-state index in [-0.39, 0.29) is 23.7 Å². The van der Waals surface area contributed by atoms with Crippen LogP contribution in [0.25, 0.3) is 0 Å². The Balaban J connectivity index is 3.28. The number of hydrogen-bond acceptors (Lipinski definition) is 5. The van der Waals surface area contributed by atoms with Crippen LogP contribution in [0.4, 0.5) is 5.69 Å². The number of nitrogens with two attached hydrogens (primary N) is 1. The molecule has 0 heterocycles. The van der Waals surface area contributed by atoms with Gasteiger partial charge in [0.2, 0.25) is 10.0 Å². The number of carbonyl (C=O) groups is 1. The smallest absolute Gasteiger partial charge is 0.321 e. The van der Waals surface area contributed by atoms with Gasteiger partial charge >= 0.3 is 5.97 Å². The number of ether oxygens (including phenoxy) is 1. The lowest BCUT2D eigenvalue weighted by atomic mass is 10.1. The molecular formula is C14H22N2O4S. The van der Waals surface area contributed by atoms with Gasteiger partial charge in [0.05, 0.1) is 12.8 Å². The van der Waals surface area contributed by atoms with Crippen molar-refractivity contribution in [1.82, 2.24) is 4.31 Å². The Bertz CT molecular complexity index is 626. The van der Waals surface area contributed by atoms with Crippen LogP contribution in [-0.4, -0.2) is 38.9 Å². The van der Waals surface area contributed by atoms with Gasteiger partial charge in [0.15, 0.2) is 0 Å². The van der Waals surface area contributed by atoms with Crippen molar-refractivity contribution in [2.75, 3.05) is 25.9 Å². The molecule has 0 spiro atoms.